The molecule has 1 aromatic heterocycles. The largest absolute Gasteiger partial charge is 0.467 e. The highest BCUT2D eigenvalue weighted by Crippen LogP contribution is 2.24. The number of methoxy groups -OCH3 is 1. The molecule has 0 saturated carbocycles. The lowest BCUT2D eigenvalue weighted by Crippen LogP contribution is -2.51. The molecule has 0 aromatic carbocycles. The molecular weight excluding hydrogens is 266 g/mol. The van der Waals surface area contributed by atoms with E-state index in [0.717, 1.165) is 0 Å². The predicted octanol–water partition coefficient (Wildman–Crippen LogP) is 0.676. The van der Waals surface area contributed by atoms with E-state index in [-0.39, 0.29) is 12.3 Å². The van der Waals surface area contributed by atoms with Crippen LogP contribution in [0.5, 0.6) is 0 Å². The maximum Gasteiger partial charge on any atom is 0.330 e. The Hall–Kier alpha value is -2.22. The van der Waals surface area contributed by atoms with E-state index in [2.05, 4.69) is 4.98 Å². The van der Waals surface area contributed by atoms with Gasteiger partial charge in [0.2, 0.25) is 0 Å². The van der Waals surface area contributed by atoms with E-state index in [4.69, 9.17) is 9.47 Å². The molecule has 0 aliphatic carbocycles. The van der Waals surface area contributed by atoms with Crippen molar-refractivity contribution in [2.75, 3.05) is 31.8 Å². The second-order valence-corrected chi connectivity index (χ2v) is 4.39. The first-order valence-corrected chi connectivity index (χ1v) is 6.08. The van der Waals surface area contributed by atoms with Gasteiger partial charge in [-0.1, -0.05) is 0 Å². The molecule has 0 N–H and O–H groups in total. The summed E-state index contributed by atoms with van der Waals surface area (Å²) in [6.45, 7) is 2.79. The smallest absolute Gasteiger partial charge is 0.330 e. The standard InChI is InChI=1S/C12H15N3O5/c1-8-5-11(13-6-9(8)15(17)18)14-3-4-20-7-10(14)12(16)19-2/h5-6,10H,3-4,7H2,1-2H3. The van der Waals surface area contributed by atoms with Crippen LogP contribution in [0.2, 0.25) is 0 Å². The van der Waals surface area contributed by atoms with E-state index >= 15 is 0 Å². The Bertz CT molecular complexity index is 534. The summed E-state index contributed by atoms with van der Waals surface area (Å²) < 4.78 is 10.0. The van der Waals surface area contributed by atoms with E-state index in [1.165, 1.54) is 13.3 Å². The van der Waals surface area contributed by atoms with Crippen LogP contribution in [0.4, 0.5) is 11.5 Å². The number of aryl methyl sites for hydroxylation is 1. The van der Waals surface area contributed by atoms with Crippen molar-refractivity contribution in [2.24, 2.45) is 0 Å². The van der Waals surface area contributed by atoms with Crippen LogP contribution in [-0.4, -0.2) is 48.8 Å². The highest BCUT2D eigenvalue weighted by molar-refractivity contribution is 5.80. The summed E-state index contributed by atoms with van der Waals surface area (Å²) >= 11 is 0. The zero-order chi connectivity index (χ0) is 14.7. The number of morpholine rings is 1. The van der Waals surface area contributed by atoms with Gasteiger partial charge in [-0.05, 0) is 13.0 Å². The van der Waals surface area contributed by atoms with Crippen LogP contribution in [-0.2, 0) is 14.3 Å². The average molecular weight is 281 g/mol. The number of esters is 1. The Morgan fingerprint density at radius 3 is 3.00 bits per heavy atom. The van der Waals surface area contributed by atoms with Gasteiger partial charge >= 0.3 is 5.97 Å². The van der Waals surface area contributed by atoms with Crippen molar-refractivity contribution in [1.29, 1.82) is 0 Å². The Morgan fingerprint density at radius 1 is 1.65 bits per heavy atom. The molecule has 8 nitrogen and oxygen atoms in total. The summed E-state index contributed by atoms with van der Waals surface area (Å²) in [6.07, 6.45) is 1.20. The number of carbonyl (C=O) groups excluding carboxylic acids is 1. The summed E-state index contributed by atoms with van der Waals surface area (Å²) in [7, 11) is 1.31. The van der Waals surface area contributed by atoms with Gasteiger partial charge in [0.1, 0.15) is 12.0 Å². The number of nitro groups is 1. The minimum atomic E-state index is -0.581. The number of nitrogens with zero attached hydrogens (tertiary/aromatic N) is 3. The zero-order valence-corrected chi connectivity index (χ0v) is 11.2. The van der Waals surface area contributed by atoms with Crippen LogP contribution in [0.25, 0.3) is 0 Å². The first-order chi connectivity index (χ1) is 9.54. The molecule has 108 valence electrons. The lowest BCUT2D eigenvalue weighted by atomic mass is 10.2. The van der Waals surface area contributed by atoms with Crippen molar-refractivity contribution in [3.63, 3.8) is 0 Å². The fourth-order valence-electron chi connectivity index (χ4n) is 2.09. The molecule has 1 aliphatic heterocycles. The van der Waals surface area contributed by atoms with E-state index < -0.39 is 16.9 Å². The normalized spacial score (nSPS) is 18.7. The first-order valence-electron chi connectivity index (χ1n) is 6.08. The summed E-state index contributed by atoms with van der Waals surface area (Å²) in [5.41, 5.74) is 0.451. The molecule has 1 atom stereocenters. The van der Waals surface area contributed by atoms with E-state index in [1.54, 1.807) is 17.9 Å². The third-order valence-electron chi connectivity index (χ3n) is 3.16. The number of pyridine rings is 1. The summed E-state index contributed by atoms with van der Waals surface area (Å²) in [6, 6.07) is 1.02. The second-order valence-electron chi connectivity index (χ2n) is 4.39. The lowest BCUT2D eigenvalue weighted by Gasteiger charge is -2.34. The van der Waals surface area contributed by atoms with Crippen molar-refractivity contribution in [3.8, 4) is 0 Å². The Kier molecular flexibility index (Phi) is 4.14. The number of hydrogen-bond donors (Lipinski definition) is 0. The summed E-state index contributed by atoms with van der Waals surface area (Å²) in [4.78, 5) is 27.8. The van der Waals surface area contributed by atoms with Crippen molar-refractivity contribution in [2.45, 2.75) is 13.0 Å². The number of hydrogen-bond acceptors (Lipinski definition) is 7. The van der Waals surface area contributed by atoms with Crippen LogP contribution in [0.1, 0.15) is 5.56 Å². The number of aromatic nitrogens is 1. The molecule has 0 bridgehead atoms. The molecule has 20 heavy (non-hydrogen) atoms. The van der Waals surface area contributed by atoms with Crippen LogP contribution >= 0.6 is 0 Å². The minimum absolute atomic E-state index is 0.0448. The monoisotopic (exact) mass is 281 g/mol. The number of carbonyl (C=O) groups is 1. The third kappa shape index (κ3) is 2.69. The zero-order valence-electron chi connectivity index (χ0n) is 11.2. The van der Waals surface area contributed by atoms with Crippen LogP contribution < -0.4 is 4.90 Å². The fourth-order valence-corrected chi connectivity index (χ4v) is 2.09. The van der Waals surface area contributed by atoms with Gasteiger partial charge in [0, 0.05) is 12.1 Å². The molecule has 0 radical (unpaired) electrons. The van der Waals surface area contributed by atoms with Gasteiger partial charge in [0.15, 0.2) is 6.04 Å². The first kappa shape index (κ1) is 14.2. The predicted molar refractivity (Wildman–Crippen MR) is 69.6 cm³/mol. The van der Waals surface area contributed by atoms with Crippen molar-refractivity contribution >= 4 is 17.5 Å². The molecule has 1 aromatic rings. The van der Waals surface area contributed by atoms with Crippen molar-refractivity contribution in [1.82, 2.24) is 4.98 Å². The molecular formula is C12H15N3O5. The molecule has 1 fully saturated rings. The third-order valence-corrected chi connectivity index (χ3v) is 3.16. The number of rotatable bonds is 3. The van der Waals surface area contributed by atoms with E-state index in [0.29, 0.717) is 24.5 Å². The van der Waals surface area contributed by atoms with Gasteiger partial charge in [-0.15, -0.1) is 0 Å². The SMILES string of the molecule is COC(=O)C1COCCN1c1cc(C)c([N+](=O)[O-])cn1. The lowest BCUT2D eigenvalue weighted by molar-refractivity contribution is -0.385. The molecule has 1 saturated heterocycles. The molecule has 0 spiro atoms. The number of ether oxygens (including phenoxy) is 2. The fraction of sp³-hybridized carbons (Fsp3) is 0.500. The van der Waals surface area contributed by atoms with Crippen LogP contribution in [0.3, 0.4) is 0 Å². The van der Waals surface area contributed by atoms with Crippen LogP contribution in [0.15, 0.2) is 12.3 Å². The molecule has 0 amide bonds. The molecule has 1 unspecified atom stereocenters. The summed E-state index contributed by atoms with van der Waals surface area (Å²) in [5.74, 6) is 0.0919. The van der Waals surface area contributed by atoms with Gasteiger partial charge in [-0.3, -0.25) is 10.1 Å². The number of anilines is 1. The van der Waals surface area contributed by atoms with Gasteiger partial charge in [0.05, 0.1) is 25.2 Å². The maximum absolute atomic E-state index is 11.7. The van der Waals surface area contributed by atoms with Crippen molar-refractivity contribution in [3.05, 3.63) is 27.9 Å². The average Bonchev–Trinajstić information content (AvgIpc) is 2.46. The maximum atomic E-state index is 11.7. The van der Waals surface area contributed by atoms with Gasteiger partial charge < -0.3 is 14.4 Å². The molecule has 8 heteroatoms. The Balaban J connectivity index is 2.31. The minimum Gasteiger partial charge on any atom is -0.467 e. The van der Waals surface area contributed by atoms with E-state index in [9.17, 15) is 14.9 Å². The highest BCUT2D eigenvalue weighted by Gasteiger charge is 2.31. The van der Waals surface area contributed by atoms with E-state index in [1.807, 2.05) is 0 Å². The Morgan fingerprint density at radius 2 is 2.40 bits per heavy atom. The van der Waals surface area contributed by atoms with Gasteiger partial charge in [0.25, 0.3) is 5.69 Å². The van der Waals surface area contributed by atoms with Gasteiger partial charge in [-0.2, -0.15) is 0 Å². The van der Waals surface area contributed by atoms with Crippen molar-refractivity contribution < 1.29 is 19.2 Å². The topological polar surface area (TPSA) is 94.8 Å². The highest BCUT2D eigenvalue weighted by atomic mass is 16.6. The summed E-state index contributed by atoms with van der Waals surface area (Å²) in [5, 5.41) is 10.8. The quantitative estimate of drug-likeness (QED) is 0.456. The van der Waals surface area contributed by atoms with Gasteiger partial charge in [-0.25, -0.2) is 9.78 Å². The van der Waals surface area contributed by atoms with Crippen LogP contribution in [0, 0.1) is 17.0 Å². The molecule has 2 rings (SSSR count). The second kappa shape index (κ2) is 5.83. The Labute approximate surface area is 115 Å². The molecule has 2 heterocycles. The molecule has 1 aliphatic rings.